The van der Waals surface area contributed by atoms with Gasteiger partial charge in [0.25, 0.3) is 0 Å². The van der Waals surface area contributed by atoms with E-state index in [4.69, 9.17) is 5.11 Å². The highest BCUT2D eigenvalue weighted by Crippen LogP contribution is 2.37. The van der Waals surface area contributed by atoms with Crippen molar-refractivity contribution in [2.24, 2.45) is 11.8 Å². The van der Waals surface area contributed by atoms with E-state index in [9.17, 15) is 14.7 Å². The summed E-state index contributed by atoms with van der Waals surface area (Å²) >= 11 is 0. The van der Waals surface area contributed by atoms with Crippen LogP contribution in [0.2, 0.25) is 0 Å². The average molecular weight is 264 g/mol. The van der Waals surface area contributed by atoms with Crippen molar-refractivity contribution in [3.63, 3.8) is 0 Å². The smallest absolute Gasteiger partial charge is 0.332 e. The molecule has 0 bridgehead atoms. The summed E-state index contributed by atoms with van der Waals surface area (Å²) in [5.41, 5.74) is 0.281. The Balaban J connectivity index is 2.18. The van der Waals surface area contributed by atoms with Crippen LogP contribution in [0.5, 0.6) is 0 Å². The van der Waals surface area contributed by atoms with Crippen LogP contribution in [0, 0.1) is 11.8 Å². The molecule has 0 fully saturated rings. The third kappa shape index (κ3) is 3.25. The fourth-order valence-electron chi connectivity index (χ4n) is 3.28. The summed E-state index contributed by atoms with van der Waals surface area (Å²) in [5.74, 6) is -1.70. The van der Waals surface area contributed by atoms with Crippen LogP contribution in [-0.4, -0.2) is 22.2 Å². The summed E-state index contributed by atoms with van der Waals surface area (Å²) in [4.78, 5) is 22.6. The highest BCUT2D eigenvalue weighted by molar-refractivity contribution is 5.99. The molecule has 2 rings (SSSR count). The third-order valence-corrected chi connectivity index (χ3v) is 4.20. The van der Waals surface area contributed by atoms with Gasteiger partial charge in [-0.1, -0.05) is 12.2 Å². The second-order valence-corrected chi connectivity index (χ2v) is 5.48. The second-order valence-electron chi connectivity index (χ2n) is 5.48. The zero-order valence-electron chi connectivity index (χ0n) is 11.0. The van der Waals surface area contributed by atoms with Gasteiger partial charge in [-0.25, -0.2) is 9.59 Å². The molecule has 4 heteroatoms. The molecular weight excluding hydrogens is 244 g/mol. The normalized spacial score (nSPS) is 27.4. The van der Waals surface area contributed by atoms with Gasteiger partial charge >= 0.3 is 11.9 Å². The van der Waals surface area contributed by atoms with Crippen molar-refractivity contribution in [1.82, 2.24) is 0 Å². The van der Waals surface area contributed by atoms with E-state index >= 15 is 0 Å². The molecule has 0 aliphatic heterocycles. The lowest BCUT2D eigenvalue weighted by Crippen LogP contribution is -2.25. The van der Waals surface area contributed by atoms with Gasteiger partial charge in [0.05, 0.1) is 5.57 Å². The van der Waals surface area contributed by atoms with Crippen LogP contribution in [0.3, 0.4) is 0 Å². The fourth-order valence-corrected chi connectivity index (χ4v) is 3.28. The van der Waals surface area contributed by atoms with Crippen LogP contribution in [0.25, 0.3) is 0 Å². The maximum atomic E-state index is 11.4. The number of hydrogen-bond donors (Lipinski definition) is 2. The minimum Gasteiger partial charge on any atom is -0.478 e. The van der Waals surface area contributed by atoms with Crippen molar-refractivity contribution < 1.29 is 19.8 Å². The van der Waals surface area contributed by atoms with E-state index in [1.165, 1.54) is 0 Å². The Morgan fingerprint density at radius 1 is 1.16 bits per heavy atom. The number of rotatable bonds is 4. The molecule has 4 nitrogen and oxygen atoms in total. The molecule has 19 heavy (non-hydrogen) atoms. The Morgan fingerprint density at radius 3 is 2.53 bits per heavy atom. The molecule has 2 unspecified atom stereocenters. The molecule has 0 aromatic rings. The van der Waals surface area contributed by atoms with Gasteiger partial charge in [-0.05, 0) is 56.8 Å². The molecule has 2 aliphatic rings. The van der Waals surface area contributed by atoms with Crippen LogP contribution < -0.4 is 0 Å². The van der Waals surface area contributed by atoms with Crippen molar-refractivity contribution >= 4 is 11.9 Å². The number of carboxylic acid groups (broad SMARTS) is 2. The molecule has 0 saturated carbocycles. The van der Waals surface area contributed by atoms with Crippen molar-refractivity contribution in [1.29, 1.82) is 0 Å². The standard InChI is InChI=1S/C15H20O4/c16-14(17)12-8-4-7-11(13(12)15(18)19)9-10-5-2-1-3-6-10/h1-2,10-11H,3-9H2,(H,16,17)(H,18,19). The van der Waals surface area contributed by atoms with E-state index in [1.54, 1.807) is 0 Å². The Kier molecular flexibility index (Phi) is 4.40. The number of carbonyl (C=O) groups is 2. The molecule has 0 radical (unpaired) electrons. The van der Waals surface area contributed by atoms with Crippen molar-refractivity contribution in [3.05, 3.63) is 23.3 Å². The molecule has 0 saturated heterocycles. The zero-order valence-corrected chi connectivity index (χ0v) is 11.0. The van der Waals surface area contributed by atoms with Crippen LogP contribution in [0.4, 0.5) is 0 Å². The lowest BCUT2D eigenvalue weighted by Gasteiger charge is -2.28. The van der Waals surface area contributed by atoms with Crippen LogP contribution >= 0.6 is 0 Å². The summed E-state index contributed by atoms with van der Waals surface area (Å²) in [6.45, 7) is 0. The van der Waals surface area contributed by atoms with E-state index in [2.05, 4.69) is 12.2 Å². The van der Waals surface area contributed by atoms with Crippen molar-refractivity contribution in [2.45, 2.75) is 44.9 Å². The minimum atomic E-state index is -1.06. The first-order valence-electron chi connectivity index (χ1n) is 6.94. The number of aliphatic carboxylic acids is 2. The van der Waals surface area contributed by atoms with Crippen LogP contribution in [0.15, 0.2) is 23.3 Å². The molecule has 0 amide bonds. The third-order valence-electron chi connectivity index (χ3n) is 4.20. The van der Waals surface area contributed by atoms with Gasteiger partial charge in [-0.3, -0.25) is 0 Å². The Labute approximate surface area is 112 Å². The maximum Gasteiger partial charge on any atom is 0.332 e. The molecular formula is C15H20O4. The average Bonchev–Trinajstić information content (AvgIpc) is 2.39. The van der Waals surface area contributed by atoms with Crippen LogP contribution in [0.1, 0.15) is 44.9 Å². The molecule has 0 aromatic heterocycles. The molecule has 104 valence electrons. The van der Waals surface area contributed by atoms with Crippen LogP contribution in [-0.2, 0) is 9.59 Å². The van der Waals surface area contributed by atoms with Gasteiger partial charge in [0.2, 0.25) is 0 Å². The fraction of sp³-hybridized carbons (Fsp3) is 0.600. The SMILES string of the molecule is O=C(O)C1=C(C(=O)O)C(CC2CC=CCC2)CCC1. The lowest BCUT2D eigenvalue weighted by atomic mass is 9.75. The van der Waals surface area contributed by atoms with Gasteiger partial charge in [0.1, 0.15) is 0 Å². The quantitative estimate of drug-likeness (QED) is 0.765. The second kappa shape index (κ2) is 6.04. The van der Waals surface area contributed by atoms with Crippen molar-refractivity contribution in [3.8, 4) is 0 Å². The maximum absolute atomic E-state index is 11.4. The highest BCUT2D eigenvalue weighted by Gasteiger charge is 2.32. The molecule has 2 N–H and O–H groups in total. The van der Waals surface area contributed by atoms with E-state index in [0.29, 0.717) is 12.3 Å². The van der Waals surface area contributed by atoms with Gasteiger partial charge in [0.15, 0.2) is 0 Å². The van der Waals surface area contributed by atoms with E-state index in [-0.39, 0.29) is 17.1 Å². The monoisotopic (exact) mass is 264 g/mol. The van der Waals surface area contributed by atoms with E-state index in [0.717, 1.165) is 38.5 Å². The van der Waals surface area contributed by atoms with Crippen molar-refractivity contribution in [2.75, 3.05) is 0 Å². The summed E-state index contributed by atoms with van der Waals surface area (Å²) in [6, 6.07) is 0. The number of allylic oxidation sites excluding steroid dienone is 2. The first-order valence-corrected chi connectivity index (χ1v) is 6.94. The first-order chi connectivity index (χ1) is 9.09. The molecule has 0 heterocycles. The zero-order chi connectivity index (χ0) is 13.8. The predicted molar refractivity (Wildman–Crippen MR) is 70.7 cm³/mol. The lowest BCUT2D eigenvalue weighted by molar-refractivity contribution is -0.137. The highest BCUT2D eigenvalue weighted by atomic mass is 16.4. The number of hydrogen-bond acceptors (Lipinski definition) is 2. The topological polar surface area (TPSA) is 74.6 Å². The summed E-state index contributed by atoms with van der Waals surface area (Å²) in [5, 5.41) is 18.5. The summed E-state index contributed by atoms with van der Waals surface area (Å²) in [7, 11) is 0. The van der Waals surface area contributed by atoms with Gasteiger partial charge in [-0.2, -0.15) is 0 Å². The summed E-state index contributed by atoms with van der Waals surface area (Å²) < 4.78 is 0. The number of carboxylic acids is 2. The minimum absolute atomic E-state index is 0.0890. The van der Waals surface area contributed by atoms with E-state index in [1.807, 2.05) is 0 Å². The molecule has 0 aromatic carbocycles. The molecule has 2 aliphatic carbocycles. The van der Waals surface area contributed by atoms with E-state index < -0.39 is 11.9 Å². The van der Waals surface area contributed by atoms with Gasteiger partial charge in [-0.15, -0.1) is 0 Å². The largest absolute Gasteiger partial charge is 0.478 e. The Hall–Kier alpha value is -1.58. The molecule has 2 atom stereocenters. The van der Waals surface area contributed by atoms with Gasteiger partial charge in [0, 0.05) is 5.57 Å². The Morgan fingerprint density at radius 2 is 1.95 bits per heavy atom. The van der Waals surface area contributed by atoms with Gasteiger partial charge < -0.3 is 10.2 Å². The Bertz CT molecular complexity index is 433. The molecule has 0 spiro atoms. The summed E-state index contributed by atoms with van der Waals surface area (Å²) in [6.07, 6.45) is 10.2. The first kappa shape index (κ1) is 13.8. The predicted octanol–water partition coefficient (Wildman–Crippen LogP) is 3.00.